The molecule has 4 nitrogen and oxygen atoms in total. The largest absolute Gasteiger partial charge is 0.343 e. The van der Waals surface area contributed by atoms with E-state index < -0.39 is 9.05 Å². The van der Waals surface area contributed by atoms with E-state index in [1.165, 1.54) is 6.07 Å². The molecule has 1 aromatic heterocycles. The molecular formula is C6H8ClNO3S. The Bertz CT molecular complexity index is 368. The summed E-state index contributed by atoms with van der Waals surface area (Å²) < 4.78 is 25.9. The molecule has 0 bridgehead atoms. The third kappa shape index (κ3) is 1.98. The summed E-state index contributed by atoms with van der Waals surface area (Å²) in [4.78, 5) is 0. The van der Waals surface area contributed by atoms with Crippen LogP contribution in [0.3, 0.4) is 0 Å². The Hall–Kier alpha value is -0.550. The summed E-state index contributed by atoms with van der Waals surface area (Å²) in [7, 11) is 1.24. The topological polar surface area (TPSA) is 60.2 Å². The molecule has 0 amide bonds. The molecule has 0 atom stereocenters. The fourth-order valence-corrected chi connectivity index (χ4v) is 1.26. The van der Waals surface area contributed by atoms with Crippen LogP contribution in [0.1, 0.15) is 25.5 Å². The molecule has 12 heavy (non-hydrogen) atoms. The van der Waals surface area contributed by atoms with E-state index in [4.69, 9.17) is 10.7 Å². The van der Waals surface area contributed by atoms with Gasteiger partial charge >= 0.3 is 0 Å². The molecule has 0 saturated heterocycles. The number of hydrogen-bond donors (Lipinski definition) is 0. The van der Waals surface area contributed by atoms with E-state index in [0.717, 1.165) is 0 Å². The number of halogens is 1. The standard InChI is InChI=1S/C6H8ClNO3S/c1-4(2)5-3-6(11-8-5)12(7,9)10/h3-4H,1-2H3. The molecule has 0 fully saturated rings. The number of aromatic nitrogens is 1. The zero-order valence-electron chi connectivity index (χ0n) is 6.61. The van der Waals surface area contributed by atoms with Gasteiger partial charge in [0.05, 0.1) is 5.69 Å². The van der Waals surface area contributed by atoms with Crippen LogP contribution in [-0.4, -0.2) is 13.6 Å². The molecule has 0 aliphatic rings. The molecule has 0 radical (unpaired) electrons. The maximum atomic E-state index is 10.7. The van der Waals surface area contributed by atoms with Crippen LogP contribution in [-0.2, 0) is 9.05 Å². The molecule has 6 heteroatoms. The van der Waals surface area contributed by atoms with Crippen molar-refractivity contribution in [2.75, 3.05) is 0 Å². The Morgan fingerprint density at radius 2 is 2.17 bits per heavy atom. The highest BCUT2D eigenvalue weighted by molar-refractivity contribution is 8.13. The lowest BCUT2D eigenvalue weighted by Crippen LogP contribution is -1.87. The quantitative estimate of drug-likeness (QED) is 0.696. The van der Waals surface area contributed by atoms with Gasteiger partial charge in [0.15, 0.2) is 0 Å². The molecule has 0 aromatic carbocycles. The van der Waals surface area contributed by atoms with Gasteiger partial charge in [-0.15, -0.1) is 0 Å². The molecule has 0 aliphatic heterocycles. The zero-order chi connectivity index (χ0) is 9.35. The van der Waals surface area contributed by atoms with Gasteiger partial charge in [0.25, 0.3) is 14.1 Å². The molecule has 1 heterocycles. The predicted molar refractivity (Wildman–Crippen MR) is 43.6 cm³/mol. The van der Waals surface area contributed by atoms with E-state index in [9.17, 15) is 8.42 Å². The molecule has 1 rings (SSSR count). The molecule has 0 saturated carbocycles. The lowest BCUT2D eigenvalue weighted by Gasteiger charge is -1.92. The van der Waals surface area contributed by atoms with Gasteiger partial charge in [0.1, 0.15) is 0 Å². The van der Waals surface area contributed by atoms with Crippen LogP contribution in [0.2, 0.25) is 0 Å². The third-order valence-corrected chi connectivity index (χ3v) is 2.47. The van der Waals surface area contributed by atoms with Gasteiger partial charge in [0, 0.05) is 16.7 Å². The monoisotopic (exact) mass is 209 g/mol. The summed E-state index contributed by atoms with van der Waals surface area (Å²) in [5.41, 5.74) is 0.578. The smallest absolute Gasteiger partial charge is 0.297 e. The first-order valence-corrected chi connectivity index (χ1v) is 5.63. The highest BCUT2D eigenvalue weighted by atomic mass is 35.7. The van der Waals surface area contributed by atoms with Crippen LogP contribution in [0, 0.1) is 0 Å². The molecule has 1 aromatic rings. The Balaban J connectivity index is 3.09. The van der Waals surface area contributed by atoms with Crippen molar-refractivity contribution in [3.63, 3.8) is 0 Å². The Morgan fingerprint density at radius 3 is 2.42 bits per heavy atom. The predicted octanol–water partition coefficient (Wildman–Crippen LogP) is 1.73. The van der Waals surface area contributed by atoms with Crippen molar-refractivity contribution >= 4 is 19.7 Å². The molecule has 0 N–H and O–H groups in total. The molecule has 68 valence electrons. The number of hydrogen-bond acceptors (Lipinski definition) is 4. The highest BCUT2D eigenvalue weighted by Crippen LogP contribution is 2.20. The Morgan fingerprint density at radius 1 is 1.58 bits per heavy atom. The summed E-state index contributed by atoms with van der Waals surface area (Å²) in [6.07, 6.45) is 0. The third-order valence-electron chi connectivity index (χ3n) is 1.34. The average Bonchev–Trinajstić information content (AvgIpc) is 2.30. The second kappa shape index (κ2) is 3.06. The van der Waals surface area contributed by atoms with Gasteiger partial charge in [-0.05, 0) is 5.92 Å². The summed E-state index contributed by atoms with van der Waals surface area (Å²) in [6, 6.07) is 1.33. The van der Waals surface area contributed by atoms with Crippen molar-refractivity contribution in [1.29, 1.82) is 0 Å². The molecule has 0 aliphatic carbocycles. The summed E-state index contributed by atoms with van der Waals surface area (Å²) in [5.74, 6) is 0.126. The average molecular weight is 210 g/mol. The second-order valence-corrected chi connectivity index (χ2v) is 5.16. The van der Waals surface area contributed by atoms with Crippen molar-refractivity contribution in [2.24, 2.45) is 0 Å². The maximum absolute atomic E-state index is 10.7. The van der Waals surface area contributed by atoms with Crippen molar-refractivity contribution < 1.29 is 12.9 Å². The van der Waals surface area contributed by atoms with Crippen LogP contribution in [0.5, 0.6) is 0 Å². The van der Waals surface area contributed by atoms with Crippen LogP contribution in [0.4, 0.5) is 0 Å². The van der Waals surface area contributed by atoms with Crippen LogP contribution < -0.4 is 0 Å². The maximum Gasteiger partial charge on any atom is 0.297 e. The van der Waals surface area contributed by atoms with Crippen molar-refractivity contribution in [3.8, 4) is 0 Å². The Kier molecular flexibility index (Phi) is 2.44. The van der Waals surface area contributed by atoms with E-state index >= 15 is 0 Å². The normalized spacial score (nSPS) is 12.3. The van der Waals surface area contributed by atoms with Crippen molar-refractivity contribution in [1.82, 2.24) is 5.16 Å². The lowest BCUT2D eigenvalue weighted by molar-refractivity contribution is 0.335. The fraction of sp³-hybridized carbons (Fsp3) is 0.500. The SMILES string of the molecule is CC(C)c1cc(S(=O)(=O)Cl)on1. The minimum atomic E-state index is -3.77. The molecule has 0 unspecified atom stereocenters. The zero-order valence-corrected chi connectivity index (χ0v) is 8.19. The first-order valence-electron chi connectivity index (χ1n) is 3.32. The van der Waals surface area contributed by atoms with Gasteiger partial charge in [-0.1, -0.05) is 19.0 Å². The molecule has 0 spiro atoms. The van der Waals surface area contributed by atoms with Crippen molar-refractivity contribution in [2.45, 2.75) is 24.9 Å². The first kappa shape index (κ1) is 9.54. The number of rotatable bonds is 2. The van der Waals surface area contributed by atoms with E-state index in [-0.39, 0.29) is 11.0 Å². The minimum absolute atomic E-state index is 0.126. The Labute approximate surface area is 74.9 Å². The van der Waals surface area contributed by atoms with Gasteiger partial charge < -0.3 is 4.52 Å². The van der Waals surface area contributed by atoms with Crippen molar-refractivity contribution in [3.05, 3.63) is 11.8 Å². The van der Waals surface area contributed by atoms with Gasteiger partial charge in [-0.2, -0.15) is 0 Å². The van der Waals surface area contributed by atoms with Crippen LogP contribution in [0.25, 0.3) is 0 Å². The van der Waals surface area contributed by atoms with E-state index in [0.29, 0.717) is 5.69 Å². The summed E-state index contributed by atoms with van der Waals surface area (Å²) in [5, 5.41) is 3.25. The summed E-state index contributed by atoms with van der Waals surface area (Å²) >= 11 is 0. The lowest BCUT2D eigenvalue weighted by atomic mass is 10.1. The minimum Gasteiger partial charge on any atom is -0.343 e. The van der Waals surface area contributed by atoms with Crippen LogP contribution in [0.15, 0.2) is 15.7 Å². The first-order chi connectivity index (χ1) is 5.41. The number of nitrogens with zero attached hydrogens (tertiary/aromatic N) is 1. The van der Waals surface area contributed by atoms with E-state index in [2.05, 4.69) is 9.68 Å². The highest BCUT2D eigenvalue weighted by Gasteiger charge is 2.17. The second-order valence-electron chi connectivity index (χ2n) is 2.66. The van der Waals surface area contributed by atoms with E-state index in [1.807, 2.05) is 13.8 Å². The fourth-order valence-electron chi connectivity index (χ4n) is 0.658. The summed E-state index contributed by atoms with van der Waals surface area (Å²) in [6.45, 7) is 3.75. The van der Waals surface area contributed by atoms with Gasteiger partial charge in [-0.25, -0.2) is 8.42 Å². The van der Waals surface area contributed by atoms with E-state index in [1.54, 1.807) is 0 Å². The van der Waals surface area contributed by atoms with Gasteiger partial charge in [0.2, 0.25) is 0 Å². The molecular weight excluding hydrogens is 202 g/mol. The van der Waals surface area contributed by atoms with Crippen LogP contribution >= 0.6 is 10.7 Å². The van der Waals surface area contributed by atoms with Gasteiger partial charge in [-0.3, -0.25) is 0 Å².